The zero-order chi connectivity index (χ0) is 9.76. The molecular weight excluding hydrogens is 174 g/mol. The summed E-state index contributed by atoms with van der Waals surface area (Å²) < 4.78 is 0. The van der Waals surface area contributed by atoms with E-state index in [2.05, 4.69) is 0 Å². The zero-order valence-corrected chi connectivity index (χ0v) is 8.78. The summed E-state index contributed by atoms with van der Waals surface area (Å²) in [7, 11) is 0. The highest BCUT2D eigenvalue weighted by molar-refractivity contribution is 5.00. The van der Waals surface area contributed by atoms with Gasteiger partial charge >= 0.3 is 0 Å². The van der Waals surface area contributed by atoms with E-state index >= 15 is 0 Å². The van der Waals surface area contributed by atoms with E-state index in [4.69, 9.17) is 5.73 Å². The van der Waals surface area contributed by atoms with Gasteiger partial charge in [-0.3, -0.25) is 0 Å². The molecule has 3 aliphatic rings. The van der Waals surface area contributed by atoms with Crippen LogP contribution in [0, 0.1) is 17.8 Å². The molecule has 3 rings (SSSR count). The molecule has 0 saturated heterocycles. The van der Waals surface area contributed by atoms with Crippen LogP contribution in [0.3, 0.4) is 0 Å². The molecule has 0 radical (unpaired) electrons. The van der Waals surface area contributed by atoms with Crippen molar-refractivity contribution in [3.8, 4) is 0 Å². The second kappa shape index (κ2) is 2.96. The Morgan fingerprint density at radius 3 is 2.57 bits per heavy atom. The molecule has 3 N–H and O–H groups in total. The molecule has 0 aromatic heterocycles. The monoisotopic (exact) mass is 195 g/mol. The molecule has 14 heavy (non-hydrogen) atoms. The van der Waals surface area contributed by atoms with Crippen molar-refractivity contribution in [1.82, 2.24) is 0 Å². The van der Waals surface area contributed by atoms with Crippen LogP contribution in [0.4, 0.5) is 0 Å². The van der Waals surface area contributed by atoms with Crippen LogP contribution in [0.25, 0.3) is 0 Å². The van der Waals surface area contributed by atoms with E-state index in [0.29, 0.717) is 0 Å². The van der Waals surface area contributed by atoms with Crippen LogP contribution in [0.2, 0.25) is 0 Å². The van der Waals surface area contributed by atoms with Gasteiger partial charge in [0.05, 0.1) is 5.60 Å². The quantitative estimate of drug-likeness (QED) is 0.704. The Kier molecular flexibility index (Phi) is 1.94. The number of aliphatic hydroxyl groups is 1. The molecule has 0 aromatic carbocycles. The number of fused-ring (bicyclic) bond motifs is 1. The molecule has 0 bridgehead atoms. The number of hydrogen-bond acceptors (Lipinski definition) is 2. The summed E-state index contributed by atoms with van der Waals surface area (Å²) in [5, 5.41) is 10.2. The maximum Gasteiger partial charge on any atom is 0.0680 e. The molecule has 3 saturated carbocycles. The van der Waals surface area contributed by atoms with Gasteiger partial charge in [-0.15, -0.1) is 0 Å². The lowest BCUT2D eigenvalue weighted by molar-refractivity contribution is -0.0680. The van der Waals surface area contributed by atoms with E-state index in [0.717, 1.165) is 37.0 Å². The molecule has 3 fully saturated rings. The van der Waals surface area contributed by atoms with Crippen LogP contribution in [0.5, 0.6) is 0 Å². The maximum absolute atomic E-state index is 10.2. The lowest BCUT2D eigenvalue weighted by Gasteiger charge is -2.44. The van der Waals surface area contributed by atoms with Crippen LogP contribution < -0.4 is 5.73 Å². The highest BCUT2D eigenvalue weighted by Gasteiger charge is 2.46. The zero-order valence-electron chi connectivity index (χ0n) is 8.78. The summed E-state index contributed by atoms with van der Waals surface area (Å²) in [5.41, 5.74) is 5.37. The second-order valence-corrected chi connectivity index (χ2v) is 6.03. The average molecular weight is 195 g/mol. The highest BCUT2D eigenvalue weighted by Crippen LogP contribution is 2.53. The van der Waals surface area contributed by atoms with E-state index in [1.165, 1.54) is 25.7 Å². The summed E-state index contributed by atoms with van der Waals surface area (Å²) in [6.07, 6.45) is 8.38. The Morgan fingerprint density at radius 2 is 1.93 bits per heavy atom. The van der Waals surface area contributed by atoms with Crippen LogP contribution in [0.15, 0.2) is 0 Å². The van der Waals surface area contributed by atoms with Gasteiger partial charge in [0.2, 0.25) is 0 Å². The van der Waals surface area contributed by atoms with Crippen LogP contribution in [0.1, 0.15) is 44.9 Å². The van der Waals surface area contributed by atoms with Crippen molar-refractivity contribution in [2.24, 2.45) is 23.5 Å². The third kappa shape index (κ3) is 1.59. The molecule has 0 heterocycles. The molecule has 80 valence electrons. The topological polar surface area (TPSA) is 46.2 Å². The fourth-order valence-electron chi connectivity index (χ4n) is 3.75. The predicted molar refractivity (Wildman–Crippen MR) is 55.7 cm³/mol. The van der Waals surface area contributed by atoms with Gasteiger partial charge in [-0.1, -0.05) is 6.42 Å². The lowest BCUT2D eigenvalue weighted by atomic mass is 9.69. The van der Waals surface area contributed by atoms with E-state index in [-0.39, 0.29) is 11.6 Å². The SMILES string of the molecule is NC1CC(O)(CC2CCC3CC3C2)C1. The smallest absolute Gasteiger partial charge is 0.0680 e. The van der Waals surface area contributed by atoms with E-state index < -0.39 is 0 Å². The van der Waals surface area contributed by atoms with Gasteiger partial charge in [0.25, 0.3) is 0 Å². The molecule has 0 spiro atoms. The minimum absolute atomic E-state index is 0.275. The summed E-state index contributed by atoms with van der Waals surface area (Å²) in [5.74, 6) is 2.91. The van der Waals surface area contributed by atoms with E-state index in [1.54, 1.807) is 0 Å². The number of nitrogens with two attached hydrogens (primary N) is 1. The van der Waals surface area contributed by atoms with Gasteiger partial charge < -0.3 is 10.8 Å². The first-order chi connectivity index (χ1) is 6.65. The minimum atomic E-state index is -0.369. The van der Waals surface area contributed by atoms with Gasteiger partial charge in [-0.2, -0.15) is 0 Å². The van der Waals surface area contributed by atoms with Gasteiger partial charge in [-0.05, 0) is 56.3 Å². The molecule has 3 atom stereocenters. The van der Waals surface area contributed by atoms with Crippen molar-refractivity contribution >= 4 is 0 Å². The average Bonchev–Trinajstić information content (AvgIpc) is 2.79. The lowest BCUT2D eigenvalue weighted by Crippen LogP contribution is -2.52. The second-order valence-electron chi connectivity index (χ2n) is 6.03. The predicted octanol–water partition coefficient (Wildman–Crippen LogP) is 1.66. The Morgan fingerprint density at radius 1 is 1.14 bits per heavy atom. The van der Waals surface area contributed by atoms with E-state index in [1.807, 2.05) is 0 Å². The summed E-state index contributed by atoms with van der Waals surface area (Å²) in [6.45, 7) is 0. The Labute approximate surface area is 85.9 Å². The molecule has 2 heteroatoms. The minimum Gasteiger partial charge on any atom is -0.390 e. The highest BCUT2D eigenvalue weighted by atomic mass is 16.3. The standard InChI is InChI=1S/C12H21NO/c13-11-6-12(14,7-11)5-8-1-2-9-4-10(9)3-8/h8-11,14H,1-7,13H2. The van der Waals surface area contributed by atoms with Crippen LogP contribution in [-0.4, -0.2) is 16.7 Å². The van der Waals surface area contributed by atoms with Crippen molar-refractivity contribution < 1.29 is 5.11 Å². The molecule has 2 nitrogen and oxygen atoms in total. The van der Waals surface area contributed by atoms with Crippen molar-refractivity contribution in [2.75, 3.05) is 0 Å². The molecule has 3 aliphatic carbocycles. The fraction of sp³-hybridized carbons (Fsp3) is 1.00. The fourth-order valence-corrected chi connectivity index (χ4v) is 3.75. The van der Waals surface area contributed by atoms with E-state index in [9.17, 15) is 5.11 Å². The maximum atomic E-state index is 10.2. The first-order valence-corrected chi connectivity index (χ1v) is 6.13. The first-order valence-electron chi connectivity index (χ1n) is 6.13. The van der Waals surface area contributed by atoms with Gasteiger partial charge in [0.15, 0.2) is 0 Å². The molecule has 0 aromatic rings. The Bertz CT molecular complexity index is 234. The van der Waals surface area contributed by atoms with Gasteiger partial charge in [0.1, 0.15) is 0 Å². The molecule has 3 unspecified atom stereocenters. The van der Waals surface area contributed by atoms with Gasteiger partial charge in [0, 0.05) is 6.04 Å². The molecule has 0 amide bonds. The van der Waals surface area contributed by atoms with Crippen molar-refractivity contribution in [2.45, 2.75) is 56.6 Å². The van der Waals surface area contributed by atoms with Crippen LogP contribution in [-0.2, 0) is 0 Å². The third-order valence-corrected chi connectivity index (χ3v) is 4.60. The molecular formula is C12H21NO. The summed E-state index contributed by atoms with van der Waals surface area (Å²) in [6, 6.07) is 0.275. The third-order valence-electron chi connectivity index (χ3n) is 4.60. The normalized spacial score (nSPS) is 56.1. The largest absolute Gasteiger partial charge is 0.390 e. The first kappa shape index (κ1) is 9.17. The van der Waals surface area contributed by atoms with Crippen molar-refractivity contribution in [3.05, 3.63) is 0 Å². The molecule has 0 aliphatic heterocycles. The summed E-state index contributed by atoms with van der Waals surface area (Å²) in [4.78, 5) is 0. The summed E-state index contributed by atoms with van der Waals surface area (Å²) >= 11 is 0. The van der Waals surface area contributed by atoms with Gasteiger partial charge in [-0.25, -0.2) is 0 Å². The van der Waals surface area contributed by atoms with Crippen molar-refractivity contribution in [3.63, 3.8) is 0 Å². The number of hydrogen-bond donors (Lipinski definition) is 2. The van der Waals surface area contributed by atoms with Crippen molar-refractivity contribution in [1.29, 1.82) is 0 Å². The van der Waals surface area contributed by atoms with Crippen LogP contribution >= 0.6 is 0 Å². The Hall–Kier alpha value is -0.0800. The number of rotatable bonds is 2. The Balaban J connectivity index is 1.52.